The molecular formula is C14H20F3N3O3. The van der Waals surface area contributed by atoms with Crippen LogP contribution in [-0.4, -0.2) is 39.0 Å². The fraction of sp³-hybridized carbons (Fsp3) is 0.643. The van der Waals surface area contributed by atoms with E-state index in [1.54, 1.807) is 11.6 Å². The Kier molecular flexibility index (Phi) is 5.44. The average Bonchev–Trinajstić information content (AvgIpc) is 2.79. The van der Waals surface area contributed by atoms with Crippen molar-refractivity contribution in [2.24, 2.45) is 0 Å². The van der Waals surface area contributed by atoms with Crippen molar-refractivity contribution in [1.29, 1.82) is 0 Å². The van der Waals surface area contributed by atoms with E-state index in [-0.39, 0.29) is 5.56 Å². The van der Waals surface area contributed by atoms with Gasteiger partial charge in [0.05, 0.1) is 29.4 Å². The van der Waals surface area contributed by atoms with Crippen LogP contribution in [0, 0.1) is 0 Å². The van der Waals surface area contributed by atoms with Gasteiger partial charge in [0.25, 0.3) is 5.91 Å². The summed E-state index contributed by atoms with van der Waals surface area (Å²) in [4.78, 5) is 23.1. The summed E-state index contributed by atoms with van der Waals surface area (Å²) in [5, 5.41) is 14.9. The predicted molar refractivity (Wildman–Crippen MR) is 76.2 cm³/mol. The van der Waals surface area contributed by atoms with Crippen molar-refractivity contribution in [1.82, 2.24) is 15.1 Å². The first-order valence-corrected chi connectivity index (χ1v) is 7.04. The first-order chi connectivity index (χ1) is 10.4. The molecule has 0 spiro atoms. The van der Waals surface area contributed by atoms with Crippen LogP contribution in [-0.2, 0) is 16.8 Å². The normalized spacial score (nSPS) is 13.7. The zero-order valence-corrected chi connectivity index (χ0v) is 13.4. The minimum atomic E-state index is -4.69. The van der Waals surface area contributed by atoms with Crippen LogP contribution in [0.25, 0.3) is 0 Å². The number of carboxylic acids is 1. The van der Waals surface area contributed by atoms with Gasteiger partial charge in [0.2, 0.25) is 0 Å². The molecule has 0 bridgehead atoms. The summed E-state index contributed by atoms with van der Waals surface area (Å²) in [7, 11) is 0. The van der Waals surface area contributed by atoms with Gasteiger partial charge in [0.1, 0.15) is 6.04 Å². The second kappa shape index (κ2) is 6.59. The van der Waals surface area contributed by atoms with E-state index < -0.39 is 36.1 Å². The third-order valence-electron chi connectivity index (χ3n) is 3.12. The van der Waals surface area contributed by atoms with E-state index in [1.165, 1.54) is 6.20 Å². The Morgan fingerprint density at radius 3 is 2.30 bits per heavy atom. The van der Waals surface area contributed by atoms with Crippen LogP contribution in [0.3, 0.4) is 0 Å². The Labute approximate surface area is 131 Å². The maximum atomic E-state index is 12.4. The number of nitrogens with one attached hydrogen (secondary N) is 1. The molecule has 0 aliphatic carbocycles. The molecule has 1 aromatic rings. The van der Waals surface area contributed by atoms with Gasteiger partial charge >= 0.3 is 12.1 Å². The number of carbonyl (C=O) groups excluding carboxylic acids is 1. The number of halogens is 3. The third kappa shape index (κ3) is 4.97. The highest BCUT2D eigenvalue weighted by Crippen LogP contribution is 2.23. The number of aromatic nitrogens is 2. The first-order valence-electron chi connectivity index (χ1n) is 7.04. The molecular weight excluding hydrogens is 315 g/mol. The molecule has 130 valence electrons. The number of amides is 1. The molecule has 6 nitrogen and oxygen atoms in total. The summed E-state index contributed by atoms with van der Waals surface area (Å²) < 4.78 is 38.8. The fourth-order valence-corrected chi connectivity index (χ4v) is 2.15. The van der Waals surface area contributed by atoms with Crippen LogP contribution in [0.4, 0.5) is 13.2 Å². The molecule has 23 heavy (non-hydrogen) atoms. The molecule has 9 heteroatoms. The first kappa shape index (κ1) is 19.0. The number of hydrogen-bond donors (Lipinski definition) is 2. The van der Waals surface area contributed by atoms with Crippen molar-refractivity contribution < 1.29 is 27.9 Å². The van der Waals surface area contributed by atoms with Gasteiger partial charge in [-0.25, -0.2) is 4.79 Å². The topological polar surface area (TPSA) is 84.2 Å². The lowest BCUT2D eigenvalue weighted by Gasteiger charge is -2.22. The van der Waals surface area contributed by atoms with Gasteiger partial charge < -0.3 is 10.4 Å². The van der Waals surface area contributed by atoms with Crippen molar-refractivity contribution in [2.75, 3.05) is 0 Å². The number of aliphatic carboxylic acids is 1. The Morgan fingerprint density at radius 1 is 1.35 bits per heavy atom. The third-order valence-corrected chi connectivity index (χ3v) is 3.12. The summed E-state index contributed by atoms with van der Waals surface area (Å²) >= 11 is 0. The lowest BCUT2D eigenvalue weighted by atomic mass is 10.1. The number of rotatable bonds is 5. The van der Waals surface area contributed by atoms with E-state index in [1.807, 2.05) is 26.1 Å². The largest absolute Gasteiger partial charge is 0.480 e. The van der Waals surface area contributed by atoms with Crippen LogP contribution in [0.5, 0.6) is 0 Å². The van der Waals surface area contributed by atoms with Crippen molar-refractivity contribution in [3.8, 4) is 0 Å². The van der Waals surface area contributed by atoms with Crippen LogP contribution >= 0.6 is 0 Å². The summed E-state index contributed by atoms with van der Waals surface area (Å²) in [6, 6.07) is -2.04. The van der Waals surface area contributed by atoms with Crippen molar-refractivity contribution >= 4 is 11.9 Å². The Hall–Kier alpha value is -2.06. The number of carboxylic acid groups (broad SMARTS) is 1. The van der Waals surface area contributed by atoms with Gasteiger partial charge in [-0.05, 0) is 27.2 Å². The predicted octanol–water partition coefficient (Wildman–Crippen LogP) is 2.34. The van der Waals surface area contributed by atoms with E-state index in [0.29, 0.717) is 12.1 Å². The van der Waals surface area contributed by atoms with Crippen LogP contribution < -0.4 is 5.32 Å². The van der Waals surface area contributed by atoms with Gasteiger partial charge in [-0.1, -0.05) is 6.92 Å². The summed E-state index contributed by atoms with van der Waals surface area (Å²) in [6.45, 7) is 7.38. The molecule has 0 aliphatic rings. The lowest BCUT2D eigenvalue weighted by Crippen LogP contribution is -2.43. The van der Waals surface area contributed by atoms with Gasteiger partial charge in [-0.15, -0.1) is 0 Å². The number of alkyl halides is 3. The molecule has 1 rings (SSSR count). The Bertz CT molecular complexity index is 588. The molecule has 1 heterocycles. The molecule has 0 saturated carbocycles. The van der Waals surface area contributed by atoms with Gasteiger partial charge in [-0.2, -0.15) is 18.3 Å². The molecule has 1 atom stereocenters. The molecule has 1 aromatic heterocycles. The molecule has 0 aromatic carbocycles. The van der Waals surface area contributed by atoms with E-state index >= 15 is 0 Å². The van der Waals surface area contributed by atoms with Crippen LogP contribution in [0.2, 0.25) is 0 Å². The highest BCUT2D eigenvalue weighted by molar-refractivity contribution is 5.97. The average molecular weight is 335 g/mol. The van der Waals surface area contributed by atoms with Gasteiger partial charge in [-0.3, -0.25) is 9.48 Å². The molecule has 2 N–H and O–H groups in total. The van der Waals surface area contributed by atoms with E-state index in [9.17, 15) is 22.8 Å². The molecule has 0 radical (unpaired) electrons. The van der Waals surface area contributed by atoms with Crippen molar-refractivity contribution in [2.45, 2.75) is 58.3 Å². The smallest absolute Gasteiger partial charge is 0.391 e. The van der Waals surface area contributed by atoms with Gasteiger partial charge in [0.15, 0.2) is 0 Å². The zero-order valence-electron chi connectivity index (χ0n) is 13.4. The highest BCUT2D eigenvalue weighted by atomic mass is 19.4. The maximum Gasteiger partial charge on any atom is 0.391 e. The molecule has 0 aliphatic heterocycles. The minimum absolute atomic E-state index is 0.0795. The van der Waals surface area contributed by atoms with Crippen molar-refractivity contribution in [3.05, 3.63) is 17.5 Å². The van der Waals surface area contributed by atoms with Crippen molar-refractivity contribution in [3.63, 3.8) is 0 Å². The SMILES string of the molecule is CCc1c(C(=O)NC(CC(F)(F)F)C(=O)O)cnn1C(C)(C)C. The second-order valence-electron chi connectivity index (χ2n) is 6.12. The van der Waals surface area contributed by atoms with E-state index in [0.717, 1.165) is 0 Å². The Balaban J connectivity index is 3.05. The number of hydrogen-bond acceptors (Lipinski definition) is 3. The maximum absolute atomic E-state index is 12.4. The molecule has 0 fully saturated rings. The standard InChI is InChI=1S/C14H20F3N3O3/c1-5-10-8(7-18-20(10)13(2,3)4)11(21)19-9(12(22)23)6-14(15,16)17/h7,9H,5-6H2,1-4H3,(H,19,21)(H,22,23). The quantitative estimate of drug-likeness (QED) is 0.865. The molecule has 1 amide bonds. The minimum Gasteiger partial charge on any atom is -0.480 e. The summed E-state index contributed by atoms with van der Waals surface area (Å²) in [5.74, 6) is -2.62. The summed E-state index contributed by atoms with van der Waals surface area (Å²) in [6.07, 6.45) is -4.66. The fourth-order valence-electron chi connectivity index (χ4n) is 2.15. The lowest BCUT2D eigenvalue weighted by molar-refractivity contribution is -0.157. The Morgan fingerprint density at radius 2 is 1.91 bits per heavy atom. The second-order valence-corrected chi connectivity index (χ2v) is 6.12. The van der Waals surface area contributed by atoms with E-state index in [2.05, 4.69) is 5.10 Å². The monoisotopic (exact) mass is 335 g/mol. The number of nitrogens with zero attached hydrogens (tertiary/aromatic N) is 2. The van der Waals surface area contributed by atoms with Crippen LogP contribution in [0.15, 0.2) is 6.20 Å². The number of carbonyl (C=O) groups is 2. The zero-order chi connectivity index (χ0) is 18.0. The molecule has 0 saturated heterocycles. The van der Waals surface area contributed by atoms with Crippen LogP contribution in [0.1, 0.15) is 50.2 Å². The summed E-state index contributed by atoms with van der Waals surface area (Å²) in [5.41, 5.74) is 0.198. The van der Waals surface area contributed by atoms with Gasteiger partial charge in [0, 0.05) is 0 Å². The molecule has 1 unspecified atom stereocenters. The highest BCUT2D eigenvalue weighted by Gasteiger charge is 2.37. The van der Waals surface area contributed by atoms with E-state index in [4.69, 9.17) is 5.11 Å².